The molecule has 0 aromatic heterocycles. The molecule has 1 aromatic carbocycles. The zero-order valence-corrected chi connectivity index (χ0v) is 13.3. The van der Waals surface area contributed by atoms with Crippen LogP contribution in [0.15, 0.2) is 24.3 Å². The third-order valence-corrected chi connectivity index (χ3v) is 3.63. The molecule has 7 heteroatoms. The minimum atomic E-state index is -0.430. The Balaban J connectivity index is 1.73. The summed E-state index contributed by atoms with van der Waals surface area (Å²) in [7, 11) is 1.33. The summed E-state index contributed by atoms with van der Waals surface area (Å²) in [5, 5.41) is 5.83. The van der Waals surface area contributed by atoms with Crippen molar-refractivity contribution in [3.63, 3.8) is 0 Å². The summed E-state index contributed by atoms with van der Waals surface area (Å²) < 4.78 is 10.00. The average Bonchev–Trinajstić information content (AvgIpc) is 2.60. The lowest BCUT2D eigenvalue weighted by Gasteiger charge is -2.26. The first kappa shape index (κ1) is 17.2. The van der Waals surface area contributed by atoms with E-state index in [0.717, 1.165) is 32.8 Å². The van der Waals surface area contributed by atoms with Gasteiger partial charge in [-0.3, -0.25) is 9.69 Å². The van der Waals surface area contributed by atoms with Crippen LogP contribution in [0.2, 0.25) is 0 Å². The van der Waals surface area contributed by atoms with Crippen molar-refractivity contribution in [2.24, 2.45) is 0 Å². The molecule has 0 radical (unpaired) electrons. The second-order valence-electron chi connectivity index (χ2n) is 5.19. The highest BCUT2D eigenvalue weighted by molar-refractivity contribution is 5.96. The van der Waals surface area contributed by atoms with Crippen LogP contribution in [0.1, 0.15) is 10.4 Å². The largest absolute Gasteiger partial charge is 0.465 e. The van der Waals surface area contributed by atoms with Gasteiger partial charge in [0, 0.05) is 31.9 Å². The normalized spacial score (nSPS) is 15.0. The smallest absolute Gasteiger partial charge is 0.339 e. The molecule has 23 heavy (non-hydrogen) atoms. The van der Waals surface area contributed by atoms with Crippen LogP contribution < -0.4 is 10.6 Å². The van der Waals surface area contributed by atoms with E-state index in [2.05, 4.69) is 15.5 Å². The Morgan fingerprint density at radius 1 is 1.26 bits per heavy atom. The van der Waals surface area contributed by atoms with E-state index in [1.165, 1.54) is 7.11 Å². The number of para-hydroxylation sites is 1. The third-order valence-electron chi connectivity index (χ3n) is 3.63. The molecule has 1 heterocycles. The van der Waals surface area contributed by atoms with Gasteiger partial charge in [0.2, 0.25) is 5.91 Å². The summed E-state index contributed by atoms with van der Waals surface area (Å²) in [5.74, 6) is -0.543. The molecule has 1 fully saturated rings. The number of esters is 1. The Kier molecular flexibility index (Phi) is 6.83. The van der Waals surface area contributed by atoms with E-state index in [-0.39, 0.29) is 12.5 Å². The molecule has 0 bridgehead atoms. The molecular weight excluding hydrogens is 298 g/mol. The van der Waals surface area contributed by atoms with Gasteiger partial charge in [-0.25, -0.2) is 4.79 Å². The van der Waals surface area contributed by atoms with Gasteiger partial charge in [0.05, 0.1) is 32.4 Å². The summed E-state index contributed by atoms with van der Waals surface area (Å²) in [6, 6.07) is 6.95. The predicted octanol–water partition coefficient (Wildman–Crippen LogP) is 0.334. The van der Waals surface area contributed by atoms with Crippen LogP contribution in [0, 0.1) is 0 Å². The number of amides is 1. The fourth-order valence-corrected chi connectivity index (χ4v) is 2.34. The molecule has 1 aliphatic heterocycles. The second-order valence-corrected chi connectivity index (χ2v) is 5.19. The van der Waals surface area contributed by atoms with Crippen LogP contribution >= 0.6 is 0 Å². The minimum Gasteiger partial charge on any atom is -0.465 e. The van der Waals surface area contributed by atoms with Crippen LogP contribution in [0.5, 0.6) is 0 Å². The van der Waals surface area contributed by atoms with E-state index in [0.29, 0.717) is 17.8 Å². The fraction of sp³-hybridized carbons (Fsp3) is 0.500. The number of ether oxygens (including phenoxy) is 2. The Morgan fingerprint density at radius 2 is 2.00 bits per heavy atom. The van der Waals surface area contributed by atoms with E-state index in [9.17, 15) is 9.59 Å². The van der Waals surface area contributed by atoms with Gasteiger partial charge in [0.1, 0.15) is 0 Å². The average molecular weight is 321 g/mol. The number of morpholine rings is 1. The summed E-state index contributed by atoms with van der Waals surface area (Å²) in [4.78, 5) is 25.8. The molecule has 1 aliphatic rings. The van der Waals surface area contributed by atoms with Gasteiger partial charge < -0.3 is 20.1 Å². The van der Waals surface area contributed by atoms with Crippen LogP contribution in [0.25, 0.3) is 0 Å². The van der Waals surface area contributed by atoms with E-state index >= 15 is 0 Å². The first-order valence-electron chi connectivity index (χ1n) is 7.68. The van der Waals surface area contributed by atoms with Crippen molar-refractivity contribution in [3.8, 4) is 0 Å². The number of carbonyl (C=O) groups is 2. The van der Waals surface area contributed by atoms with Gasteiger partial charge in [0.25, 0.3) is 0 Å². The second kappa shape index (κ2) is 9.12. The number of methoxy groups -OCH3 is 1. The standard InChI is InChI=1S/C16H23N3O4/c1-22-16(21)13-4-2-3-5-14(13)18-12-15(20)17-6-7-19-8-10-23-11-9-19/h2-5,18H,6-12H2,1H3,(H,17,20). The van der Waals surface area contributed by atoms with E-state index in [1.54, 1.807) is 24.3 Å². The number of benzene rings is 1. The van der Waals surface area contributed by atoms with E-state index in [4.69, 9.17) is 9.47 Å². The van der Waals surface area contributed by atoms with Gasteiger partial charge in [-0.15, -0.1) is 0 Å². The number of nitrogens with zero attached hydrogens (tertiary/aromatic N) is 1. The van der Waals surface area contributed by atoms with Crippen molar-refractivity contribution in [1.82, 2.24) is 10.2 Å². The van der Waals surface area contributed by atoms with E-state index < -0.39 is 5.97 Å². The molecule has 1 amide bonds. The third kappa shape index (κ3) is 5.54. The van der Waals surface area contributed by atoms with E-state index in [1.807, 2.05) is 0 Å². The lowest BCUT2D eigenvalue weighted by atomic mass is 10.2. The Hall–Kier alpha value is -2.12. The lowest BCUT2D eigenvalue weighted by molar-refractivity contribution is -0.119. The Morgan fingerprint density at radius 3 is 2.74 bits per heavy atom. The van der Waals surface area contributed by atoms with Crippen molar-refractivity contribution in [2.45, 2.75) is 0 Å². The molecule has 126 valence electrons. The van der Waals surface area contributed by atoms with Gasteiger partial charge in [0.15, 0.2) is 0 Å². The molecule has 0 unspecified atom stereocenters. The van der Waals surface area contributed by atoms with Gasteiger partial charge >= 0.3 is 5.97 Å². The van der Waals surface area contributed by atoms with Crippen LogP contribution in [-0.4, -0.2) is 69.8 Å². The van der Waals surface area contributed by atoms with Crippen molar-refractivity contribution >= 4 is 17.6 Å². The summed E-state index contributed by atoms with van der Waals surface area (Å²) >= 11 is 0. The lowest BCUT2D eigenvalue weighted by Crippen LogP contribution is -2.42. The fourth-order valence-electron chi connectivity index (χ4n) is 2.34. The number of rotatable bonds is 7. The molecule has 1 saturated heterocycles. The zero-order chi connectivity index (χ0) is 16.5. The van der Waals surface area contributed by atoms with Crippen molar-refractivity contribution in [1.29, 1.82) is 0 Å². The van der Waals surface area contributed by atoms with Crippen molar-refractivity contribution in [2.75, 3.05) is 58.4 Å². The molecule has 0 saturated carbocycles. The summed E-state index contributed by atoms with van der Waals surface area (Å²) in [6.45, 7) is 4.82. The predicted molar refractivity (Wildman–Crippen MR) is 86.5 cm³/mol. The van der Waals surface area contributed by atoms with Crippen LogP contribution in [0.4, 0.5) is 5.69 Å². The van der Waals surface area contributed by atoms with Crippen LogP contribution in [-0.2, 0) is 14.3 Å². The molecule has 0 aliphatic carbocycles. The first-order valence-corrected chi connectivity index (χ1v) is 7.68. The van der Waals surface area contributed by atoms with Gasteiger partial charge in [-0.05, 0) is 12.1 Å². The maximum Gasteiger partial charge on any atom is 0.339 e. The highest BCUT2D eigenvalue weighted by Crippen LogP contribution is 2.15. The highest BCUT2D eigenvalue weighted by atomic mass is 16.5. The molecule has 0 spiro atoms. The molecule has 2 rings (SSSR count). The molecule has 1 aromatic rings. The SMILES string of the molecule is COC(=O)c1ccccc1NCC(=O)NCCN1CCOCC1. The monoisotopic (exact) mass is 321 g/mol. The topological polar surface area (TPSA) is 79.9 Å². The quantitative estimate of drug-likeness (QED) is 0.705. The summed E-state index contributed by atoms with van der Waals surface area (Å²) in [6.07, 6.45) is 0. The maximum atomic E-state index is 11.9. The number of hydrogen-bond acceptors (Lipinski definition) is 6. The highest BCUT2D eigenvalue weighted by Gasteiger charge is 2.12. The number of anilines is 1. The van der Waals surface area contributed by atoms with Crippen molar-refractivity contribution in [3.05, 3.63) is 29.8 Å². The number of hydrogen-bond donors (Lipinski definition) is 2. The molecular formula is C16H23N3O4. The zero-order valence-electron chi connectivity index (χ0n) is 13.3. The van der Waals surface area contributed by atoms with Gasteiger partial charge in [-0.2, -0.15) is 0 Å². The maximum absolute atomic E-state index is 11.9. The van der Waals surface area contributed by atoms with Crippen molar-refractivity contribution < 1.29 is 19.1 Å². The molecule has 0 atom stereocenters. The summed E-state index contributed by atoms with van der Waals surface area (Å²) in [5.41, 5.74) is 0.999. The first-order chi connectivity index (χ1) is 11.2. The minimum absolute atomic E-state index is 0.108. The number of nitrogens with one attached hydrogen (secondary N) is 2. The van der Waals surface area contributed by atoms with Crippen LogP contribution in [0.3, 0.4) is 0 Å². The molecule has 2 N–H and O–H groups in total. The Labute approximate surface area is 135 Å². The molecule has 7 nitrogen and oxygen atoms in total. The van der Waals surface area contributed by atoms with Gasteiger partial charge in [-0.1, -0.05) is 12.1 Å². The Bertz CT molecular complexity index is 530. The number of carbonyl (C=O) groups excluding carboxylic acids is 2.